The van der Waals surface area contributed by atoms with Crippen LogP contribution in [0.2, 0.25) is 0 Å². The molecular weight excluding hydrogens is 319 g/mol. The van der Waals surface area contributed by atoms with Crippen molar-refractivity contribution in [3.05, 3.63) is 75.0 Å². The van der Waals surface area contributed by atoms with Gasteiger partial charge in [0.25, 0.3) is 0 Å². The second-order valence-electron chi connectivity index (χ2n) is 4.83. The zero-order valence-electron chi connectivity index (χ0n) is 10.7. The highest BCUT2D eigenvalue weighted by Gasteiger charge is 2.21. The van der Waals surface area contributed by atoms with Gasteiger partial charge >= 0.3 is 0 Å². The molecule has 0 unspecified atom stereocenters. The van der Waals surface area contributed by atoms with Crippen molar-refractivity contribution in [2.24, 2.45) is 0 Å². The third kappa shape index (κ3) is 2.46. The molecule has 0 radical (unpaired) electrons. The molecule has 0 heterocycles. The highest BCUT2D eigenvalue weighted by atomic mass is 79.9. The Kier molecular flexibility index (Phi) is 3.53. The quantitative estimate of drug-likeness (QED) is 0.686. The Bertz CT molecular complexity index is 719. The first-order valence-electron chi connectivity index (χ1n) is 6.43. The van der Waals surface area contributed by atoms with Crippen molar-refractivity contribution < 1.29 is 9.18 Å². The minimum atomic E-state index is -0.299. The summed E-state index contributed by atoms with van der Waals surface area (Å²) >= 11 is 3.16. The van der Waals surface area contributed by atoms with Crippen LogP contribution >= 0.6 is 15.9 Å². The van der Waals surface area contributed by atoms with Crippen molar-refractivity contribution in [3.8, 4) is 0 Å². The number of hydrogen-bond donors (Lipinski definition) is 0. The summed E-state index contributed by atoms with van der Waals surface area (Å²) in [4.78, 5) is 12.4. The molecule has 0 saturated heterocycles. The van der Waals surface area contributed by atoms with E-state index >= 15 is 0 Å². The molecule has 0 aromatic heterocycles. The standard InChI is InChI=1S/C17H12BrFO/c18-15-10-11(5-8-16(15)19)9-13-7-6-12-3-1-2-4-14(12)17(13)20/h1-5,8-10H,6-7H2/b13-9-. The smallest absolute Gasteiger partial charge is 0.189 e. The van der Waals surface area contributed by atoms with Crippen molar-refractivity contribution in [2.45, 2.75) is 12.8 Å². The van der Waals surface area contributed by atoms with Crippen LogP contribution in [0.25, 0.3) is 6.08 Å². The zero-order chi connectivity index (χ0) is 14.1. The van der Waals surface area contributed by atoms with Crippen LogP contribution in [-0.2, 0) is 6.42 Å². The number of aryl methyl sites for hydroxylation is 1. The van der Waals surface area contributed by atoms with E-state index in [0.29, 0.717) is 4.47 Å². The molecule has 0 saturated carbocycles. The Balaban J connectivity index is 1.97. The maximum Gasteiger partial charge on any atom is 0.189 e. The molecule has 20 heavy (non-hydrogen) atoms. The number of rotatable bonds is 1. The van der Waals surface area contributed by atoms with Crippen LogP contribution in [0, 0.1) is 5.82 Å². The van der Waals surface area contributed by atoms with E-state index in [1.165, 1.54) is 6.07 Å². The van der Waals surface area contributed by atoms with Gasteiger partial charge < -0.3 is 0 Å². The average Bonchev–Trinajstić information content (AvgIpc) is 2.46. The van der Waals surface area contributed by atoms with Crippen LogP contribution in [0.4, 0.5) is 4.39 Å². The first kappa shape index (κ1) is 13.3. The largest absolute Gasteiger partial charge is 0.289 e. The van der Waals surface area contributed by atoms with Gasteiger partial charge in [-0.1, -0.05) is 30.3 Å². The van der Waals surface area contributed by atoms with E-state index in [1.807, 2.05) is 30.3 Å². The molecule has 0 N–H and O–H groups in total. The molecule has 0 atom stereocenters. The van der Waals surface area contributed by atoms with Crippen LogP contribution in [0.15, 0.2) is 52.5 Å². The van der Waals surface area contributed by atoms with Gasteiger partial charge in [0.15, 0.2) is 5.78 Å². The predicted molar refractivity (Wildman–Crippen MR) is 81.2 cm³/mol. The summed E-state index contributed by atoms with van der Waals surface area (Å²) in [6.45, 7) is 0. The van der Waals surface area contributed by atoms with E-state index in [0.717, 1.165) is 35.1 Å². The molecule has 0 aliphatic heterocycles. The monoisotopic (exact) mass is 330 g/mol. The highest BCUT2D eigenvalue weighted by molar-refractivity contribution is 9.10. The minimum absolute atomic E-state index is 0.0762. The molecule has 2 aromatic carbocycles. The molecule has 0 amide bonds. The summed E-state index contributed by atoms with van der Waals surface area (Å²) < 4.78 is 13.6. The molecule has 2 aromatic rings. The van der Waals surface area contributed by atoms with Crippen LogP contribution in [0.5, 0.6) is 0 Å². The fourth-order valence-corrected chi connectivity index (χ4v) is 2.85. The second-order valence-corrected chi connectivity index (χ2v) is 5.68. The topological polar surface area (TPSA) is 17.1 Å². The maximum atomic E-state index is 13.2. The Morgan fingerprint density at radius 1 is 1.10 bits per heavy atom. The van der Waals surface area contributed by atoms with E-state index in [9.17, 15) is 9.18 Å². The highest BCUT2D eigenvalue weighted by Crippen LogP contribution is 2.27. The normalized spacial score (nSPS) is 16.3. The summed E-state index contributed by atoms with van der Waals surface area (Å²) in [5.74, 6) is -0.222. The average molecular weight is 331 g/mol. The Morgan fingerprint density at radius 2 is 1.90 bits per heavy atom. The number of halogens is 2. The predicted octanol–water partition coefficient (Wildman–Crippen LogP) is 4.80. The lowest BCUT2D eigenvalue weighted by atomic mass is 9.86. The van der Waals surface area contributed by atoms with E-state index in [1.54, 1.807) is 12.1 Å². The van der Waals surface area contributed by atoms with Crippen molar-refractivity contribution in [1.82, 2.24) is 0 Å². The van der Waals surface area contributed by atoms with Gasteiger partial charge in [0.2, 0.25) is 0 Å². The van der Waals surface area contributed by atoms with Gasteiger partial charge in [0.05, 0.1) is 4.47 Å². The number of carbonyl (C=O) groups is 1. The lowest BCUT2D eigenvalue weighted by molar-refractivity contribution is 0.102. The Morgan fingerprint density at radius 3 is 2.70 bits per heavy atom. The molecule has 3 heteroatoms. The number of fused-ring (bicyclic) bond motifs is 1. The summed E-state index contributed by atoms with van der Waals surface area (Å²) in [5.41, 5.74) is 3.50. The summed E-state index contributed by atoms with van der Waals surface area (Å²) in [6.07, 6.45) is 3.45. The number of Topliss-reactive ketones (excluding diaryl/α,β-unsaturated/α-hetero) is 1. The number of allylic oxidation sites excluding steroid dienone is 1. The van der Waals surface area contributed by atoms with Gasteiger partial charge in [-0.05, 0) is 58.1 Å². The number of ketones is 1. The third-order valence-electron chi connectivity index (χ3n) is 3.50. The molecule has 0 fully saturated rings. The maximum absolute atomic E-state index is 13.2. The van der Waals surface area contributed by atoms with E-state index in [4.69, 9.17) is 0 Å². The Hall–Kier alpha value is -1.74. The fourth-order valence-electron chi connectivity index (χ4n) is 2.46. The van der Waals surface area contributed by atoms with Crippen molar-refractivity contribution in [1.29, 1.82) is 0 Å². The Labute approximate surface area is 125 Å². The first-order chi connectivity index (χ1) is 9.65. The number of carbonyl (C=O) groups excluding carboxylic acids is 1. The van der Waals surface area contributed by atoms with Crippen molar-refractivity contribution in [2.75, 3.05) is 0 Å². The van der Waals surface area contributed by atoms with E-state index < -0.39 is 0 Å². The molecule has 1 aliphatic carbocycles. The summed E-state index contributed by atoms with van der Waals surface area (Å²) in [6, 6.07) is 12.5. The zero-order valence-corrected chi connectivity index (χ0v) is 12.3. The van der Waals surface area contributed by atoms with Gasteiger partial charge in [0.1, 0.15) is 5.82 Å². The van der Waals surface area contributed by atoms with Gasteiger partial charge in [-0.2, -0.15) is 0 Å². The molecule has 1 nitrogen and oxygen atoms in total. The van der Waals surface area contributed by atoms with E-state index in [2.05, 4.69) is 15.9 Å². The van der Waals surface area contributed by atoms with Crippen LogP contribution < -0.4 is 0 Å². The summed E-state index contributed by atoms with van der Waals surface area (Å²) in [7, 11) is 0. The van der Waals surface area contributed by atoms with Crippen molar-refractivity contribution in [3.63, 3.8) is 0 Å². The minimum Gasteiger partial charge on any atom is -0.289 e. The van der Waals surface area contributed by atoms with Gasteiger partial charge in [-0.25, -0.2) is 4.39 Å². The number of benzene rings is 2. The van der Waals surface area contributed by atoms with Crippen LogP contribution in [0.1, 0.15) is 27.9 Å². The molecule has 0 spiro atoms. The lowest BCUT2D eigenvalue weighted by Gasteiger charge is -2.17. The molecular formula is C17H12BrFO. The second kappa shape index (κ2) is 5.33. The third-order valence-corrected chi connectivity index (χ3v) is 4.11. The van der Waals surface area contributed by atoms with Crippen LogP contribution in [0.3, 0.4) is 0 Å². The molecule has 1 aliphatic rings. The molecule has 3 rings (SSSR count). The van der Waals surface area contributed by atoms with Gasteiger partial charge in [-0.3, -0.25) is 4.79 Å². The molecule has 0 bridgehead atoms. The van der Waals surface area contributed by atoms with Crippen molar-refractivity contribution >= 4 is 27.8 Å². The van der Waals surface area contributed by atoms with Crippen LogP contribution in [-0.4, -0.2) is 5.78 Å². The van der Waals surface area contributed by atoms with E-state index in [-0.39, 0.29) is 11.6 Å². The molecule has 100 valence electrons. The number of hydrogen-bond acceptors (Lipinski definition) is 1. The SMILES string of the molecule is O=C1/C(=C\c2ccc(F)c(Br)c2)CCc2ccccc21. The first-order valence-corrected chi connectivity index (χ1v) is 7.22. The van der Waals surface area contributed by atoms with Gasteiger partial charge in [-0.15, -0.1) is 0 Å². The lowest BCUT2D eigenvalue weighted by Crippen LogP contribution is -2.13. The fraction of sp³-hybridized carbons (Fsp3) is 0.118. The summed E-state index contributed by atoms with van der Waals surface area (Å²) in [5, 5.41) is 0. The van der Waals surface area contributed by atoms with Gasteiger partial charge in [0, 0.05) is 11.1 Å².